The molecule has 4 aromatic carbocycles. The molecule has 4 aromatic rings. The molecule has 0 radical (unpaired) electrons. The van der Waals surface area contributed by atoms with Crippen LogP contribution in [0.1, 0.15) is 72.2 Å². The summed E-state index contributed by atoms with van der Waals surface area (Å²) in [6, 6.07) is 36.9. The van der Waals surface area contributed by atoms with E-state index in [2.05, 4.69) is 173 Å². The molecule has 1 spiro atoms. The predicted octanol–water partition coefficient (Wildman–Crippen LogP) is 5.22. The average Bonchev–Trinajstić information content (AvgIpc) is 3.51. The number of hydrogen-bond acceptors (Lipinski definition) is 4. The monoisotopic (exact) mass is 626 g/mol. The molecular formula is C38H48ClN4P. The van der Waals surface area contributed by atoms with Gasteiger partial charge in [-0.1, -0.05) is 147 Å². The molecular weight excluding hydrogens is 579 g/mol. The molecule has 0 unspecified atom stereocenters. The number of rotatable bonds is 6. The van der Waals surface area contributed by atoms with Crippen LogP contribution in [-0.4, -0.2) is 12.1 Å². The van der Waals surface area contributed by atoms with Crippen LogP contribution < -0.4 is 32.8 Å². The third kappa shape index (κ3) is 5.45. The lowest BCUT2D eigenvalue weighted by Gasteiger charge is -2.36. The van der Waals surface area contributed by atoms with Crippen molar-refractivity contribution in [2.75, 3.05) is 0 Å². The van der Waals surface area contributed by atoms with Gasteiger partial charge in [0.2, 0.25) is 0 Å². The normalized spacial score (nSPS) is 21.6. The fraction of sp³-hybridized carbons (Fsp3) is 0.368. The molecule has 2 fully saturated rings. The third-order valence-electron chi connectivity index (χ3n) is 9.65. The number of aryl methyl sites for hydroxylation is 4. The van der Waals surface area contributed by atoms with Gasteiger partial charge >= 0.3 is 7.87 Å². The van der Waals surface area contributed by atoms with Crippen molar-refractivity contribution in [2.24, 2.45) is 11.8 Å². The Bertz CT molecular complexity index is 1350. The zero-order valence-corrected chi connectivity index (χ0v) is 29.0. The fourth-order valence-corrected chi connectivity index (χ4v) is 11.4. The standard InChI is InChI=1S/C38H48N4P.ClH/c1-25(2)35-37(31-17-9-27(5)10-18-31,32-19-11-28(6)12-20-32)41-43(39-35)40-36(26(3)4)38(42-43,33-21-13-29(7)14-22-33)34-23-15-30(8)16-24-34;/h9-26,35-36,39-42H,1-8H3;1H/q+1;/p-1/t35-,36-,43?;/m1./s1. The van der Waals surface area contributed by atoms with E-state index in [-0.39, 0.29) is 24.5 Å². The van der Waals surface area contributed by atoms with Crippen LogP contribution in [0.3, 0.4) is 0 Å². The molecule has 2 aliphatic rings. The van der Waals surface area contributed by atoms with Crippen molar-refractivity contribution >= 4 is 7.87 Å². The fourth-order valence-electron chi connectivity index (χ4n) is 7.35. The molecule has 0 aromatic heterocycles. The lowest BCUT2D eigenvalue weighted by atomic mass is 9.74. The van der Waals surface area contributed by atoms with Crippen molar-refractivity contribution in [3.8, 4) is 0 Å². The minimum atomic E-state index is -2.37. The first kappa shape index (κ1) is 32.8. The topological polar surface area (TPSA) is 48.1 Å². The summed E-state index contributed by atoms with van der Waals surface area (Å²) in [6.07, 6.45) is 0. The van der Waals surface area contributed by atoms with Gasteiger partial charge in [-0.2, -0.15) is 0 Å². The highest BCUT2D eigenvalue weighted by atomic mass is 35.5. The Kier molecular flexibility index (Phi) is 9.19. The van der Waals surface area contributed by atoms with E-state index in [1.165, 1.54) is 44.5 Å². The van der Waals surface area contributed by atoms with Crippen LogP contribution in [-0.2, 0) is 11.1 Å². The van der Waals surface area contributed by atoms with Gasteiger partial charge in [-0.15, -0.1) is 20.3 Å². The predicted molar refractivity (Wildman–Crippen MR) is 183 cm³/mol. The van der Waals surface area contributed by atoms with Crippen LogP contribution in [0.2, 0.25) is 0 Å². The Morgan fingerprint density at radius 1 is 0.455 bits per heavy atom. The highest BCUT2D eigenvalue weighted by molar-refractivity contribution is 7.69. The Balaban J connectivity index is 0.00000384. The minimum absolute atomic E-state index is 0. The second-order valence-corrected chi connectivity index (χ2v) is 16.0. The van der Waals surface area contributed by atoms with Gasteiger partial charge in [0.15, 0.2) is 0 Å². The van der Waals surface area contributed by atoms with E-state index in [9.17, 15) is 0 Å². The molecule has 2 saturated heterocycles. The first-order valence-electron chi connectivity index (χ1n) is 15.8. The maximum atomic E-state index is 4.36. The van der Waals surface area contributed by atoms with Gasteiger partial charge in [-0.05, 0) is 61.8 Å². The van der Waals surface area contributed by atoms with Crippen LogP contribution >= 0.6 is 7.87 Å². The van der Waals surface area contributed by atoms with Gasteiger partial charge in [0.05, 0.1) is 12.1 Å². The molecule has 232 valence electrons. The first-order chi connectivity index (χ1) is 20.5. The van der Waals surface area contributed by atoms with Gasteiger partial charge in [0, 0.05) is 0 Å². The van der Waals surface area contributed by atoms with Gasteiger partial charge in [-0.3, -0.25) is 0 Å². The van der Waals surface area contributed by atoms with Crippen molar-refractivity contribution in [3.63, 3.8) is 0 Å². The summed E-state index contributed by atoms with van der Waals surface area (Å²) in [5, 5.41) is 17.3. The largest absolute Gasteiger partial charge is 1.00 e. The molecule has 0 amide bonds. The summed E-state index contributed by atoms with van der Waals surface area (Å²) >= 11 is 0. The molecule has 2 atom stereocenters. The highest BCUT2D eigenvalue weighted by Gasteiger charge is 2.71. The quantitative estimate of drug-likeness (QED) is 0.222. The molecule has 4 N–H and O–H groups in total. The van der Waals surface area contributed by atoms with E-state index < -0.39 is 18.9 Å². The van der Waals surface area contributed by atoms with Gasteiger partial charge < -0.3 is 12.4 Å². The van der Waals surface area contributed by atoms with E-state index in [0.717, 1.165) is 0 Å². The maximum Gasteiger partial charge on any atom is 0.301 e. The molecule has 2 aliphatic heterocycles. The second kappa shape index (κ2) is 12.3. The van der Waals surface area contributed by atoms with Crippen molar-refractivity contribution in [1.82, 2.24) is 20.3 Å². The van der Waals surface area contributed by atoms with Crippen molar-refractivity contribution in [3.05, 3.63) is 142 Å². The summed E-state index contributed by atoms with van der Waals surface area (Å²) in [6.45, 7) is 18.1. The summed E-state index contributed by atoms with van der Waals surface area (Å²) in [5.74, 6) is 0.730. The second-order valence-electron chi connectivity index (χ2n) is 13.7. The van der Waals surface area contributed by atoms with E-state index in [4.69, 9.17) is 0 Å². The van der Waals surface area contributed by atoms with Crippen LogP contribution in [0.25, 0.3) is 0 Å². The SMILES string of the molecule is Cc1ccc(C2(c3ccc(C)cc3)N[P+]3(N[C@@H]2C(C)C)N[C@H](C(C)C)C(c2ccc(C)cc2)(c2ccc(C)cc2)N3)cc1.[Cl-]. The number of benzene rings is 4. The first-order valence-corrected chi connectivity index (χ1v) is 17.6. The lowest BCUT2D eigenvalue weighted by molar-refractivity contribution is -0.00000971. The number of hydrogen-bond donors (Lipinski definition) is 4. The Hall–Kier alpha value is -2.56. The lowest BCUT2D eigenvalue weighted by Crippen LogP contribution is -3.00. The van der Waals surface area contributed by atoms with Crippen molar-refractivity contribution in [1.29, 1.82) is 0 Å². The number of halogens is 1. The molecule has 0 saturated carbocycles. The van der Waals surface area contributed by atoms with Gasteiger partial charge in [-0.25, -0.2) is 0 Å². The van der Waals surface area contributed by atoms with Gasteiger partial charge in [0.25, 0.3) is 0 Å². The molecule has 4 nitrogen and oxygen atoms in total. The van der Waals surface area contributed by atoms with Crippen LogP contribution in [0.15, 0.2) is 97.1 Å². The Morgan fingerprint density at radius 3 is 0.886 bits per heavy atom. The molecule has 6 heteroatoms. The van der Waals surface area contributed by atoms with E-state index >= 15 is 0 Å². The third-order valence-corrected chi connectivity index (χ3v) is 12.4. The smallest absolute Gasteiger partial charge is 0.301 e. The van der Waals surface area contributed by atoms with Crippen LogP contribution in [0.4, 0.5) is 0 Å². The number of nitrogens with one attached hydrogen (secondary N) is 4. The molecule has 6 rings (SSSR count). The molecule has 44 heavy (non-hydrogen) atoms. The zero-order valence-electron chi connectivity index (χ0n) is 27.4. The molecule has 0 bridgehead atoms. The Morgan fingerprint density at radius 2 is 0.682 bits per heavy atom. The molecule has 0 aliphatic carbocycles. The Labute approximate surface area is 271 Å². The average molecular weight is 627 g/mol. The highest BCUT2D eigenvalue weighted by Crippen LogP contribution is 2.65. The van der Waals surface area contributed by atoms with E-state index in [1.54, 1.807) is 0 Å². The summed E-state index contributed by atoms with van der Waals surface area (Å²) in [5.41, 5.74) is 9.39. The van der Waals surface area contributed by atoms with E-state index in [1.807, 2.05) is 0 Å². The van der Waals surface area contributed by atoms with Gasteiger partial charge in [0.1, 0.15) is 11.1 Å². The zero-order chi connectivity index (χ0) is 30.6. The molecule has 2 heterocycles. The minimum Gasteiger partial charge on any atom is -1.00 e. The van der Waals surface area contributed by atoms with Crippen molar-refractivity contribution in [2.45, 2.75) is 78.6 Å². The summed E-state index contributed by atoms with van der Waals surface area (Å²) < 4.78 is 0. The summed E-state index contributed by atoms with van der Waals surface area (Å²) in [7, 11) is -2.37. The van der Waals surface area contributed by atoms with Crippen LogP contribution in [0.5, 0.6) is 0 Å². The summed E-state index contributed by atoms with van der Waals surface area (Å²) in [4.78, 5) is 0. The van der Waals surface area contributed by atoms with Crippen LogP contribution in [0, 0.1) is 39.5 Å². The maximum absolute atomic E-state index is 4.36. The van der Waals surface area contributed by atoms with Crippen molar-refractivity contribution < 1.29 is 12.4 Å². The van der Waals surface area contributed by atoms with E-state index in [0.29, 0.717) is 11.8 Å².